The molecule has 2 nitrogen and oxygen atoms in total. The van der Waals surface area contributed by atoms with Crippen LogP contribution in [0.25, 0.3) is 0 Å². The highest BCUT2D eigenvalue weighted by Gasteiger charge is 2.08. The van der Waals surface area contributed by atoms with E-state index in [9.17, 15) is 9.32 Å². The maximum Gasteiger partial charge on any atom is 0.0839 e. The molecule has 18 heavy (non-hydrogen) atoms. The monoisotopic (exact) mass is 266 g/mol. The lowest BCUT2D eigenvalue weighted by atomic mass is 10.2. The fourth-order valence-electron chi connectivity index (χ4n) is 1.57. The Labute approximate surface area is 112 Å². The topological polar surface area (TPSA) is 37.3 Å². The van der Waals surface area contributed by atoms with E-state index in [-0.39, 0.29) is 5.75 Å². The molecule has 1 rings (SSSR count). The van der Waals surface area contributed by atoms with E-state index in [1.165, 1.54) is 0 Å². The largest absolute Gasteiger partial charge is 0.388 e. The van der Waals surface area contributed by atoms with Gasteiger partial charge in [0.05, 0.1) is 22.7 Å². The fourth-order valence-corrected chi connectivity index (χ4v) is 2.63. The summed E-state index contributed by atoms with van der Waals surface area (Å²) in [6.45, 7) is 4.13. The van der Waals surface area contributed by atoms with Crippen molar-refractivity contribution in [2.45, 2.75) is 44.1 Å². The maximum absolute atomic E-state index is 12.0. The second-order valence-corrected chi connectivity index (χ2v) is 5.96. The minimum absolute atomic E-state index is 0.270. The van der Waals surface area contributed by atoms with E-state index in [0.29, 0.717) is 0 Å². The minimum Gasteiger partial charge on any atom is -0.388 e. The standard InChI is InChI=1S/C15H22O2S/c1-3-4-5-6-7-14(16)12-18(17)15-10-8-13(2)9-11-15/h6-11,14,16H,3-5,12H2,1-2H3/b7-6+/t14-,18?/m0/s1. The molecule has 0 radical (unpaired) electrons. The highest BCUT2D eigenvalue weighted by Crippen LogP contribution is 2.10. The van der Waals surface area contributed by atoms with Gasteiger partial charge in [0.2, 0.25) is 0 Å². The van der Waals surface area contributed by atoms with E-state index in [1.807, 2.05) is 37.3 Å². The molecule has 0 aliphatic carbocycles. The number of allylic oxidation sites excluding steroid dienone is 1. The lowest BCUT2D eigenvalue weighted by molar-refractivity contribution is 0.247. The predicted octanol–water partition coefficient (Wildman–Crippen LogP) is 3.21. The molecule has 0 bridgehead atoms. The second-order valence-electron chi connectivity index (χ2n) is 4.46. The van der Waals surface area contributed by atoms with Gasteiger partial charge in [-0.05, 0) is 25.5 Å². The molecule has 1 aromatic rings. The second kappa shape index (κ2) is 8.22. The van der Waals surface area contributed by atoms with Crippen LogP contribution in [0.5, 0.6) is 0 Å². The van der Waals surface area contributed by atoms with Crippen LogP contribution in [0.3, 0.4) is 0 Å². The van der Waals surface area contributed by atoms with Crippen LogP contribution in [-0.4, -0.2) is 21.2 Å². The summed E-state index contributed by atoms with van der Waals surface area (Å²) in [5.74, 6) is 0.270. The highest BCUT2D eigenvalue weighted by atomic mass is 32.2. The Kier molecular flexibility index (Phi) is 6.91. The SMILES string of the molecule is CCCC/C=C/[C@H](O)CS(=O)c1ccc(C)cc1. The molecule has 0 amide bonds. The normalized spacial score (nSPS) is 14.8. The average molecular weight is 266 g/mol. The first-order chi connectivity index (χ1) is 8.63. The van der Waals surface area contributed by atoms with Crippen molar-refractivity contribution in [3.8, 4) is 0 Å². The number of benzene rings is 1. The molecule has 0 aromatic heterocycles. The van der Waals surface area contributed by atoms with Gasteiger partial charge in [-0.15, -0.1) is 0 Å². The summed E-state index contributed by atoms with van der Waals surface area (Å²) in [6, 6.07) is 7.60. The number of hydrogen-bond acceptors (Lipinski definition) is 2. The molecule has 1 aromatic carbocycles. The molecule has 0 saturated carbocycles. The molecule has 1 unspecified atom stereocenters. The molecule has 2 atom stereocenters. The van der Waals surface area contributed by atoms with Gasteiger partial charge in [0.25, 0.3) is 0 Å². The van der Waals surface area contributed by atoms with Gasteiger partial charge in [0, 0.05) is 4.90 Å². The molecule has 0 aliphatic rings. The first-order valence-corrected chi connectivity index (χ1v) is 7.75. The molecular formula is C15H22O2S. The summed E-state index contributed by atoms with van der Waals surface area (Å²) in [4.78, 5) is 0.779. The van der Waals surface area contributed by atoms with Gasteiger partial charge in [-0.2, -0.15) is 0 Å². The summed E-state index contributed by atoms with van der Waals surface area (Å²) in [6.07, 6.45) is 6.36. The van der Waals surface area contributed by atoms with E-state index in [1.54, 1.807) is 6.08 Å². The molecule has 1 N–H and O–H groups in total. The van der Waals surface area contributed by atoms with Crippen LogP contribution in [-0.2, 0) is 10.8 Å². The van der Waals surface area contributed by atoms with E-state index >= 15 is 0 Å². The van der Waals surface area contributed by atoms with Gasteiger partial charge >= 0.3 is 0 Å². The number of hydrogen-bond donors (Lipinski definition) is 1. The van der Waals surface area contributed by atoms with Crippen LogP contribution in [0, 0.1) is 6.92 Å². The fraction of sp³-hybridized carbons (Fsp3) is 0.467. The van der Waals surface area contributed by atoms with Gasteiger partial charge in [0.1, 0.15) is 0 Å². The zero-order chi connectivity index (χ0) is 13.4. The third-order valence-corrected chi connectivity index (χ3v) is 4.13. The van der Waals surface area contributed by atoms with Crippen LogP contribution in [0.15, 0.2) is 41.3 Å². The summed E-state index contributed by atoms with van der Waals surface area (Å²) in [7, 11) is -1.13. The summed E-state index contributed by atoms with van der Waals surface area (Å²) in [5.41, 5.74) is 1.15. The van der Waals surface area contributed by atoms with Crippen LogP contribution < -0.4 is 0 Å². The van der Waals surface area contributed by atoms with Crippen molar-refractivity contribution in [2.75, 3.05) is 5.75 Å². The number of aliphatic hydroxyl groups excluding tert-OH is 1. The third kappa shape index (κ3) is 5.61. The van der Waals surface area contributed by atoms with Crippen LogP contribution >= 0.6 is 0 Å². The summed E-state index contributed by atoms with van der Waals surface area (Å²) >= 11 is 0. The van der Waals surface area contributed by atoms with E-state index in [0.717, 1.165) is 29.7 Å². The lowest BCUT2D eigenvalue weighted by Crippen LogP contribution is -2.14. The van der Waals surface area contributed by atoms with Gasteiger partial charge in [-0.3, -0.25) is 4.21 Å². The van der Waals surface area contributed by atoms with Crippen LogP contribution in [0.2, 0.25) is 0 Å². The maximum atomic E-state index is 12.0. The van der Waals surface area contributed by atoms with Crippen LogP contribution in [0.1, 0.15) is 31.7 Å². The third-order valence-electron chi connectivity index (χ3n) is 2.69. The van der Waals surface area contributed by atoms with Gasteiger partial charge in [-0.1, -0.05) is 49.6 Å². The van der Waals surface area contributed by atoms with Crippen molar-refractivity contribution < 1.29 is 9.32 Å². The Morgan fingerprint density at radius 2 is 2.00 bits per heavy atom. The van der Waals surface area contributed by atoms with E-state index in [4.69, 9.17) is 0 Å². The molecule has 0 fully saturated rings. The zero-order valence-electron chi connectivity index (χ0n) is 11.1. The molecule has 3 heteroatoms. The van der Waals surface area contributed by atoms with Crippen molar-refractivity contribution >= 4 is 10.8 Å². The Balaban J connectivity index is 2.44. The Hall–Kier alpha value is -0.930. The van der Waals surface area contributed by atoms with Crippen molar-refractivity contribution in [3.05, 3.63) is 42.0 Å². The number of aliphatic hydroxyl groups is 1. The minimum atomic E-state index is -1.13. The number of unbranched alkanes of at least 4 members (excludes halogenated alkanes) is 2. The van der Waals surface area contributed by atoms with E-state index < -0.39 is 16.9 Å². The zero-order valence-corrected chi connectivity index (χ0v) is 12.0. The molecule has 0 aliphatic heterocycles. The smallest absolute Gasteiger partial charge is 0.0839 e. The number of rotatable bonds is 7. The number of aryl methyl sites for hydroxylation is 1. The highest BCUT2D eigenvalue weighted by molar-refractivity contribution is 7.85. The Morgan fingerprint density at radius 3 is 2.61 bits per heavy atom. The molecule has 100 valence electrons. The Morgan fingerprint density at radius 1 is 1.33 bits per heavy atom. The average Bonchev–Trinajstić information content (AvgIpc) is 2.35. The van der Waals surface area contributed by atoms with Crippen LogP contribution in [0.4, 0.5) is 0 Å². The van der Waals surface area contributed by atoms with Gasteiger partial charge < -0.3 is 5.11 Å². The molecule has 0 spiro atoms. The van der Waals surface area contributed by atoms with Crippen molar-refractivity contribution in [1.29, 1.82) is 0 Å². The molecule has 0 saturated heterocycles. The summed E-state index contributed by atoms with van der Waals surface area (Å²) in [5, 5.41) is 9.75. The first-order valence-electron chi connectivity index (χ1n) is 6.43. The lowest BCUT2D eigenvalue weighted by Gasteiger charge is -2.06. The first kappa shape index (κ1) is 15.1. The quantitative estimate of drug-likeness (QED) is 0.608. The predicted molar refractivity (Wildman–Crippen MR) is 77.1 cm³/mol. The van der Waals surface area contributed by atoms with Crippen molar-refractivity contribution in [2.24, 2.45) is 0 Å². The molecule has 0 heterocycles. The molecular weight excluding hydrogens is 244 g/mol. The Bertz CT molecular complexity index is 395. The van der Waals surface area contributed by atoms with Gasteiger partial charge in [-0.25, -0.2) is 0 Å². The van der Waals surface area contributed by atoms with Gasteiger partial charge in [0.15, 0.2) is 0 Å². The van der Waals surface area contributed by atoms with Crippen molar-refractivity contribution in [1.82, 2.24) is 0 Å². The van der Waals surface area contributed by atoms with Crippen molar-refractivity contribution in [3.63, 3.8) is 0 Å². The summed E-state index contributed by atoms with van der Waals surface area (Å²) < 4.78 is 12.0. The van der Waals surface area contributed by atoms with E-state index in [2.05, 4.69) is 6.92 Å².